The van der Waals surface area contributed by atoms with Crippen LogP contribution in [0.5, 0.6) is 0 Å². The molecule has 1 aromatic rings. The Morgan fingerprint density at radius 1 is 1.07 bits per heavy atom. The van der Waals surface area contributed by atoms with E-state index in [1.54, 1.807) is 0 Å². The van der Waals surface area contributed by atoms with Crippen molar-refractivity contribution in [3.63, 3.8) is 0 Å². The first kappa shape index (κ1) is 21.6. The van der Waals surface area contributed by atoms with Crippen LogP contribution in [0.15, 0.2) is 24.3 Å². The topological polar surface area (TPSA) is 57.7 Å². The van der Waals surface area contributed by atoms with Crippen LogP contribution < -0.4 is 4.90 Å². The zero-order valence-electron chi connectivity index (χ0n) is 17.2. The Kier molecular flexibility index (Phi) is 5.01. The summed E-state index contributed by atoms with van der Waals surface area (Å²) in [6, 6.07) is 4.93. The van der Waals surface area contributed by atoms with Gasteiger partial charge in [-0.1, -0.05) is 13.8 Å². The molecule has 0 aromatic heterocycles. The molecule has 30 heavy (non-hydrogen) atoms. The highest BCUT2D eigenvalue weighted by Gasteiger charge is 2.65. The molecule has 0 unspecified atom stereocenters. The van der Waals surface area contributed by atoms with Crippen LogP contribution in [0.1, 0.15) is 38.7 Å². The Morgan fingerprint density at radius 2 is 1.67 bits per heavy atom. The number of Topliss-reactive ketones (excluding diaryl/α,β-unsaturated/α-hetero) is 1. The van der Waals surface area contributed by atoms with E-state index in [0.29, 0.717) is 31.6 Å². The molecule has 3 fully saturated rings. The van der Waals surface area contributed by atoms with E-state index in [4.69, 9.17) is 0 Å². The standard InChI is InChI=1S/C21H27F3N2O3S/c1-19(2)16-7-8-20(19,18(27)13-16)14-30(28,29)26-11-9-25(10-12-26)17-5-3-15(4-6-17)21(22,23)24/h3-6,16H,7-14H2,1-2H3/t16-,20-/m1/s1. The van der Waals surface area contributed by atoms with Crippen molar-refractivity contribution in [3.05, 3.63) is 29.8 Å². The molecule has 0 spiro atoms. The van der Waals surface area contributed by atoms with Crippen LogP contribution in [0.2, 0.25) is 0 Å². The minimum absolute atomic E-state index is 0.0794. The van der Waals surface area contributed by atoms with Crippen LogP contribution in [-0.4, -0.2) is 50.4 Å². The summed E-state index contributed by atoms with van der Waals surface area (Å²) in [6.45, 7) is 5.37. The molecule has 2 atom stereocenters. The van der Waals surface area contributed by atoms with Gasteiger partial charge in [-0.05, 0) is 48.4 Å². The Balaban J connectivity index is 1.43. The molecule has 1 aliphatic heterocycles. The Labute approximate surface area is 175 Å². The lowest BCUT2D eigenvalue weighted by molar-refractivity contribution is -0.137. The number of halogens is 3. The largest absolute Gasteiger partial charge is 0.416 e. The van der Waals surface area contributed by atoms with Crippen LogP contribution in [-0.2, 0) is 21.0 Å². The number of carbonyl (C=O) groups excluding carboxylic acids is 1. The fourth-order valence-corrected chi connectivity index (χ4v) is 7.80. The molecule has 1 heterocycles. The SMILES string of the molecule is CC1(C)[C@@H]2CC[C@@]1(CS(=O)(=O)N1CCN(c3ccc(C(F)(F)F)cc3)CC1)C(=O)C2. The van der Waals surface area contributed by atoms with Crippen LogP contribution in [0.3, 0.4) is 0 Å². The number of fused-ring (bicyclic) bond motifs is 2. The molecule has 4 rings (SSSR count). The Bertz CT molecular complexity index is 935. The predicted octanol–water partition coefficient (Wildman–Crippen LogP) is 3.55. The van der Waals surface area contributed by atoms with Crippen molar-refractivity contribution in [1.82, 2.24) is 4.31 Å². The summed E-state index contributed by atoms with van der Waals surface area (Å²) < 4.78 is 66.1. The Hall–Kier alpha value is -1.61. The number of hydrogen-bond acceptors (Lipinski definition) is 4. The zero-order chi connectivity index (χ0) is 21.9. The van der Waals surface area contributed by atoms with Gasteiger partial charge in [0.1, 0.15) is 5.78 Å². The monoisotopic (exact) mass is 444 g/mol. The molecule has 1 aromatic carbocycles. The van der Waals surface area contributed by atoms with Gasteiger partial charge >= 0.3 is 6.18 Å². The van der Waals surface area contributed by atoms with Crippen molar-refractivity contribution >= 4 is 21.5 Å². The second-order valence-corrected chi connectivity index (χ2v) is 11.3. The number of piperazine rings is 1. The average Bonchev–Trinajstić information content (AvgIpc) is 3.01. The Morgan fingerprint density at radius 3 is 2.13 bits per heavy atom. The van der Waals surface area contributed by atoms with Gasteiger partial charge in [0, 0.05) is 43.7 Å². The third-order valence-corrected chi connectivity index (χ3v) is 9.77. The molecule has 0 radical (unpaired) electrons. The van der Waals surface area contributed by atoms with Gasteiger partial charge in [0.05, 0.1) is 11.3 Å². The van der Waals surface area contributed by atoms with E-state index in [-0.39, 0.29) is 36.0 Å². The molecule has 2 aliphatic carbocycles. The third-order valence-electron chi connectivity index (χ3n) is 7.76. The summed E-state index contributed by atoms with van der Waals surface area (Å²) in [4.78, 5) is 14.6. The molecule has 2 saturated carbocycles. The quantitative estimate of drug-likeness (QED) is 0.713. The maximum atomic E-state index is 13.2. The summed E-state index contributed by atoms with van der Waals surface area (Å²) in [5.74, 6) is 0.204. The van der Waals surface area contributed by atoms with Crippen molar-refractivity contribution in [3.8, 4) is 0 Å². The molecule has 166 valence electrons. The summed E-state index contributed by atoms with van der Waals surface area (Å²) in [6.07, 6.45) is -2.37. The fourth-order valence-electron chi connectivity index (χ4n) is 5.60. The first-order valence-electron chi connectivity index (χ1n) is 10.3. The minimum Gasteiger partial charge on any atom is -0.369 e. The number of sulfonamides is 1. The molecular formula is C21H27F3N2O3S. The number of hydrogen-bond donors (Lipinski definition) is 0. The van der Waals surface area contributed by atoms with Crippen LogP contribution >= 0.6 is 0 Å². The van der Waals surface area contributed by atoms with E-state index in [1.807, 2.05) is 18.7 Å². The fraction of sp³-hybridized carbons (Fsp3) is 0.667. The number of benzene rings is 1. The maximum absolute atomic E-state index is 13.2. The van der Waals surface area contributed by atoms with Gasteiger partial charge in [-0.25, -0.2) is 8.42 Å². The second kappa shape index (κ2) is 6.95. The van der Waals surface area contributed by atoms with Gasteiger partial charge in [0.15, 0.2) is 0 Å². The zero-order valence-corrected chi connectivity index (χ0v) is 18.0. The highest BCUT2D eigenvalue weighted by atomic mass is 32.2. The summed E-state index contributed by atoms with van der Waals surface area (Å²) in [7, 11) is -3.61. The molecule has 0 amide bonds. The summed E-state index contributed by atoms with van der Waals surface area (Å²) in [5, 5.41) is 0. The average molecular weight is 445 g/mol. The van der Waals surface area contributed by atoms with E-state index >= 15 is 0 Å². The summed E-state index contributed by atoms with van der Waals surface area (Å²) in [5.41, 5.74) is -1.16. The number of alkyl halides is 3. The van der Waals surface area contributed by atoms with Crippen molar-refractivity contribution in [2.24, 2.45) is 16.7 Å². The normalized spacial score (nSPS) is 29.6. The van der Waals surface area contributed by atoms with Gasteiger partial charge in [0.2, 0.25) is 10.0 Å². The molecule has 5 nitrogen and oxygen atoms in total. The number of rotatable bonds is 4. The first-order chi connectivity index (χ1) is 13.9. The maximum Gasteiger partial charge on any atom is 0.416 e. The molecule has 0 N–H and O–H groups in total. The smallest absolute Gasteiger partial charge is 0.369 e. The lowest BCUT2D eigenvalue weighted by atomic mass is 9.70. The molecular weight excluding hydrogens is 417 g/mol. The predicted molar refractivity (Wildman–Crippen MR) is 108 cm³/mol. The third kappa shape index (κ3) is 3.34. The highest BCUT2D eigenvalue weighted by molar-refractivity contribution is 7.89. The molecule has 9 heteroatoms. The van der Waals surface area contributed by atoms with Gasteiger partial charge in [-0.15, -0.1) is 0 Å². The number of carbonyl (C=O) groups is 1. The number of nitrogens with zero attached hydrogens (tertiary/aromatic N) is 2. The molecule has 3 aliphatic rings. The van der Waals surface area contributed by atoms with Gasteiger partial charge in [-0.2, -0.15) is 17.5 Å². The van der Waals surface area contributed by atoms with Crippen LogP contribution in [0, 0.1) is 16.7 Å². The van der Waals surface area contributed by atoms with Gasteiger partial charge < -0.3 is 4.90 Å². The molecule has 2 bridgehead atoms. The van der Waals surface area contributed by atoms with E-state index in [1.165, 1.54) is 16.4 Å². The van der Waals surface area contributed by atoms with Gasteiger partial charge in [0.25, 0.3) is 0 Å². The van der Waals surface area contributed by atoms with E-state index < -0.39 is 27.2 Å². The number of ketones is 1. The summed E-state index contributed by atoms with van der Waals surface area (Å²) >= 11 is 0. The van der Waals surface area contributed by atoms with Crippen molar-refractivity contribution < 1.29 is 26.4 Å². The van der Waals surface area contributed by atoms with Crippen molar-refractivity contribution in [2.45, 2.75) is 39.3 Å². The van der Waals surface area contributed by atoms with Crippen molar-refractivity contribution in [1.29, 1.82) is 0 Å². The lowest BCUT2D eigenvalue weighted by Crippen LogP contribution is -2.52. The van der Waals surface area contributed by atoms with E-state index in [2.05, 4.69) is 0 Å². The number of anilines is 1. The van der Waals surface area contributed by atoms with Crippen molar-refractivity contribution in [2.75, 3.05) is 36.8 Å². The molecule has 1 saturated heterocycles. The van der Waals surface area contributed by atoms with E-state index in [9.17, 15) is 26.4 Å². The second-order valence-electron chi connectivity index (χ2n) is 9.35. The minimum atomic E-state index is -4.38. The van der Waals surface area contributed by atoms with Crippen LogP contribution in [0.4, 0.5) is 18.9 Å². The van der Waals surface area contributed by atoms with E-state index in [0.717, 1.165) is 18.6 Å². The highest BCUT2D eigenvalue weighted by Crippen LogP contribution is 2.64. The first-order valence-corrected chi connectivity index (χ1v) is 11.9. The van der Waals surface area contributed by atoms with Crippen LogP contribution in [0.25, 0.3) is 0 Å². The lowest BCUT2D eigenvalue weighted by Gasteiger charge is -2.40. The van der Waals surface area contributed by atoms with Gasteiger partial charge in [-0.3, -0.25) is 4.79 Å².